The second-order valence-corrected chi connectivity index (χ2v) is 5.05. The number of allylic oxidation sites excluding steroid dienone is 1. The Hall–Kier alpha value is -2.43. The zero-order valence-corrected chi connectivity index (χ0v) is 13.0. The number of nitrogens with zero attached hydrogens (tertiary/aromatic N) is 2. The molecule has 0 aromatic carbocycles. The van der Waals surface area contributed by atoms with Gasteiger partial charge in [-0.1, -0.05) is 6.08 Å². The van der Waals surface area contributed by atoms with Gasteiger partial charge in [0.15, 0.2) is 0 Å². The normalized spacial score (nSPS) is 10.6. The van der Waals surface area contributed by atoms with Crippen LogP contribution in [0.5, 0.6) is 0 Å². The molecule has 2 heterocycles. The van der Waals surface area contributed by atoms with Crippen molar-refractivity contribution in [3.63, 3.8) is 0 Å². The second kappa shape index (κ2) is 7.02. The molecule has 5 heteroatoms. The lowest BCUT2D eigenvalue weighted by atomic mass is 10.2. The molecule has 2 aromatic heterocycles. The summed E-state index contributed by atoms with van der Waals surface area (Å²) >= 11 is 0. The van der Waals surface area contributed by atoms with Gasteiger partial charge in [0.1, 0.15) is 11.2 Å². The van der Waals surface area contributed by atoms with E-state index in [-0.39, 0.29) is 17.6 Å². The molecular weight excluding hydrogens is 280 g/mol. The molecule has 22 heavy (non-hydrogen) atoms. The number of pyridine rings is 2. The number of esters is 1. The summed E-state index contributed by atoms with van der Waals surface area (Å²) in [6.07, 6.45) is 4.77. The minimum absolute atomic E-state index is 0.0543. The summed E-state index contributed by atoms with van der Waals surface area (Å²) in [5.41, 5.74) is 1.14. The lowest BCUT2D eigenvalue weighted by molar-refractivity contribution is 0.0499. The molecule has 116 valence electrons. The van der Waals surface area contributed by atoms with Crippen LogP contribution >= 0.6 is 0 Å². The van der Waals surface area contributed by atoms with E-state index < -0.39 is 5.97 Å². The lowest BCUT2D eigenvalue weighted by Crippen LogP contribution is -2.21. The van der Waals surface area contributed by atoms with Crippen molar-refractivity contribution in [2.75, 3.05) is 6.61 Å². The third kappa shape index (κ3) is 3.24. The Balaban J connectivity index is 2.40. The molecule has 0 radical (unpaired) electrons. The SMILES string of the molecule is C=CCCCOC(=O)c1cn(CC)c2nc(C)ccc2c1=O. The Bertz CT molecular complexity index is 762. The number of hydrogen-bond donors (Lipinski definition) is 0. The Kier molecular flexibility index (Phi) is 5.09. The van der Waals surface area contributed by atoms with Gasteiger partial charge in [0.2, 0.25) is 5.43 Å². The van der Waals surface area contributed by atoms with E-state index in [1.54, 1.807) is 22.8 Å². The van der Waals surface area contributed by atoms with Crippen molar-refractivity contribution in [2.45, 2.75) is 33.2 Å². The smallest absolute Gasteiger partial charge is 0.343 e. The fourth-order valence-corrected chi connectivity index (χ4v) is 2.22. The van der Waals surface area contributed by atoms with E-state index in [4.69, 9.17) is 4.74 Å². The van der Waals surface area contributed by atoms with Crippen molar-refractivity contribution in [3.05, 3.63) is 52.5 Å². The average Bonchev–Trinajstić information content (AvgIpc) is 2.51. The van der Waals surface area contributed by atoms with Crippen LogP contribution in [-0.2, 0) is 11.3 Å². The highest BCUT2D eigenvalue weighted by atomic mass is 16.5. The fraction of sp³-hybridized carbons (Fsp3) is 0.353. The predicted molar refractivity (Wildman–Crippen MR) is 86.1 cm³/mol. The van der Waals surface area contributed by atoms with Gasteiger partial charge in [0, 0.05) is 18.4 Å². The molecule has 0 aliphatic rings. The van der Waals surface area contributed by atoms with Crippen molar-refractivity contribution in [1.29, 1.82) is 0 Å². The number of unbranched alkanes of at least 4 members (excludes halogenated alkanes) is 1. The number of hydrogen-bond acceptors (Lipinski definition) is 4. The number of carbonyl (C=O) groups is 1. The maximum atomic E-state index is 12.5. The molecule has 5 nitrogen and oxygen atoms in total. The number of ether oxygens (including phenoxy) is 1. The lowest BCUT2D eigenvalue weighted by Gasteiger charge is -2.11. The minimum atomic E-state index is -0.585. The molecule has 0 fully saturated rings. The van der Waals surface area contributed by atoms with Gasteiger partial charge in [-0.25, -0.2) is 9.78 Å². The highest BCUT2D eigenvalue weighted by Crippen LogP contribution is 2.11. The summed E-state index contributed by atoms with van der Waals surface area (Å²) in [4.78, 5) is 29.0. The number of rotatable bonds is 6. The summed E-state index contributed by atoms with van der Waals surface area (Å²) in [7, 11) is 0. The highest BCUT2D eigenvalue weighted by molar-refractivity contribution is 5.93. The van der Waals surface area contributed by atoms with E-state index in [9.17, 15) is 9.59 Å². The van der Waals surface area contributed by atoms with Gasteiger partial charge < -0.3 is 9.30 Å². The first-order valence-corrected chi connectivity index (χ1v) is 7.37. The van der Waals surface area contributed by atoms with E-state index in [1.807, 2.05) is 13.8 Å². The maximum absolute atomic E-state index is 12.5. The van der Waals surface area contributed by atoms with E-state index in [1.165, 1.54) is 6.20 Å². The Morgan fingerprint density at radius 1 is 1.45 bits per heavy atom. The third-order valence-corrected chi connectivity index (χ3v) is 3.41. The molecule has 0 saturated carbocycles. The number of aryl methyl sites for hydroxylation is 2. The molecule has 2 rings (SSSR count). The zero-order chi connectivity index (χ0) is 16.1. The zero-order valence-electron chi connectivity index (χ0n) is 13.0. The maximum Gasteiger partial charge on any atom is 0.343 e. The van der Waals surface area contributed by atoms with Gasteiger partial charge >= 0.3 is 5.97 Å². The fourth-order valence-electron chi connectivity index (χ4n) is 2.22. The van der Waals surface area contributed by atoms with Crippen LogP contribution in [0.25, 0.3) is 11.0 Å². The number of carbonyl (C=O) groups excluding carboxylic acids is 1. The van der Waals surface area contributed by atoms with Gasteiger partial charge in [0.05, 0.1) is 12.0 Å². The molecule has 0 aliphatic carbocycles. The van der Waals surface area contributed by atoms with Crippen LogP contribution in [-0.4, -0.2) is 22.1 Å². The van der Waals surface area contributed by atoms with Gasteiger partial charge in [-0.3, -0.25) is 4.79 Å². The van der Waals surface area contributed by atoms with Crippen molar-refractivity contribution in [1.82, 2.24) is 9.55 Å². The highest BCUT2D eigenvalue weighted by Gasteiger charge is 2.17. The summed E-state index contributed by atoms with van der Waals surface area (Å²) in [6.45, 7) is 8.31. The van der Waals surface area contributed by atoms with E-state index in [0.29, 0.717) is 24.0 Å². The molecule has 0 atom stereocenters. The summed E-state index contributed by atoms with van der Waals surface area (Å²) < 4.78 is 6.96. The minimum Gasteiger partial charge on any atom is -0.462 e. The average molecular weight is 300 g/mol. The van der Waals surface area contributed by atoms with Crippen LogP contribution in [0.1, 0.15) is 35.8 Å². The second-order valence-electron chi connectivity index (χ2n) is 5.05. The van der Waals surface area contributed by atoms with Crippen LogP contribution in [0.4, 0.5) is 0 Å². The van der Waals surface area contributed by atoms with Crippen LogP contribution in [0.15, 0.2) is 35.8 Å². The summed E-state index contributed by atoms with van der Waals surface area (Å²) in [6, 6.07) is 3.48. The molecule has 0 amide bonds. The van der Waals surface area contributed by atoms with Gasteiger partial charge in [-0.05, 0) is 38.8 Å². The van der Waals surface area contributed by atoms with Crippen molar-refractivity contribution < 1.29 is 9.53 Å². The molecule has 0 saturated heterocycles. The number of aromatic nitrogens is 2. The predicted octanol–water partition coefficient (Wildman–Crippen LogP) is 2.85. The van der Waals surface area contributed by atoms with Crippen molar-refractivity contribution in [2.24, 2.45) is 0 Å². The molecule has 0 bridgehead atoms. The van der Waals surface area contributed by atoms with Gasteiger partial charge in [-0.2, -0.15) is 0 Å². The Morgan fingerprint density at radius 3 is 2.91 bits per heavy atom. The Morgan fingerprint density at radius 2 is 2.23 bits per heavy atom. The quantitative estimate of drug-likeness (QED) is 0.467. The first-order valence-electron chi connectivity index (χ1n) is 7.37. The molecule has 0 N–H and O–H groups in total. The first-order chi connectivity index (χ1) is 10.6. The molecular formula is C17H20N2O3. The summed E-state index contributed by atoms with van der Waals surface area (Å²) in [5, 5.41) is 0.438. The molecule has 0 unspecified atom stereocenters. The Labute approximate surface area is 129 Å². The van der Waals surface area contributed by atoms with Crippen LogP contribution in [0, 0.1) is 6.92 Å². The largest absolute Gasteiger partial charge is 0.462 e. The van der Waals surface area contributed by atoms with Crippen LogP contribution in [0.2, 0.25) is 0 Å². The van der Waals surface area contributed by atoms with Crippen molar-refractivity contribution >= 4 is 17.0 Å². The number of fused-ring (bicyclic) bond motifs is 1. The van der Waals surface area contributed by atoms with Gasteiger partial charge in [-0.15, -0.1) is 6.58 Å². The third-order valence-electron chi connectivity index (χ3n) is 3.41. The topological polar surface area (TPSA) is 61.2 Å². The van der Waals surface area contributed by atoms with E-state index >= 15 is 0 Å². The standard InChI is InChI=1S/C17H20N2O3/c1-4-6-7-10-22-17(21)14-11-19(5-2)16-13(15(14)20)9-8-12(3)18-16/h4,8-9,11H,1,5-7,10H2,2-3H3. The first kappa shape index (κ1) is 15.9. The molecule has 2 aromatic rings. The summed E-state index contributed by atoms with van der Waals surface area (Å²) in [5.74, 6) is -0.585. The van der Waals surface area contributed by atoms with E-state index in [2.05, 4.69) is 11.6 Å². The van der Waals surface area contributed by atoms with E-state index in [0.717, 1.165) is 12.1 Å². The van der Waals surface area contributed by atoms with Gasteiger partial charge in [0.25, 0.3) is 0 Å². The van der Waals surface area contributed by atoms with Crippen LogP contribution < -0.4 is 5.43 Å². The monoisotopic (exact) mass is 300 g/mol. The molecule has 0 aliphatic heterocycles. The van der Waals surface area contributed by atoms with Crippen molar-refractivity contribution in [3.8, 4) is 0 Å². The molecule has 0 spiro atoms. The van der Waals surface area contributed by atoms with Crippen LogP contribution in [0.3, 0.4) is 0 Å².